The molecule has 0 N–H and O–H groups in total. The number of rotatable bonds is 7. The first kappa shape index (κ1) is 22.0. The van der Waals surface area contributed by atoms with Crippen LogP contribution in [0.15, 0.2) is 46.3 Å². The van der Waals surface area contributed by atoms with Crippen LogP contribution < -0.4 is 14.3 Å². The molecule has 0 aliphatic carbocycles. The van der Waals surface area contributed by atoms with E-state index in [9.17, 15) is 13.2 Å². The molecular weight excluding hydrogens is 424 g/mol. The van der Waals surface area contributed by atoms with Gasteiger partial charge in [0.2, 0.25) is 5.91 Å². The Morgan fingerprint density at radius 1 is 1.10 bits per heavy atom. The van der Waals surface area contributed by atoms with Gasteiger partial charge in [0.25, 0.3) is 0 Å². The van der Waals surface area contributed by atoms with Crippen molar-refractivity contribution >= 4 is 37.3 Å². The molecule has 0 atom stereocenters. The van der Waals surface area contributed by atoms with Crippen molar-refractivity contribution in [1.29, 1.82) is 0 Å². The number of hydrogen-bond acceptors (Lipinski definition) is 6. The number of nitrogens with zero attached hydrogens (tertiary/aromatic N) is 2. The number of benzene rings is 2. The molecule has 1 heterocycles. The fourth-order valence-corrected chi connectivity index (χ4v) is 5.36. The average Bonchev–Trinajstić information content (AvgIpc) is 3.01. The Hall–Kier alpha value is -2.65. The molecule has 160 valence electrons. The van der Waals surface area contributed by atoms with Gasteiger partial charge in [-0.25, -0.2) is 8.42 Å². The molecule has 3 aromatic rings. The predicted octanol–water partition coefficient (Wildman–Crippen LogP) is 3.25. The van der Waals surface area contributed by atoms with Gasteiger partial charge in [0.05, 0.1) is 35.1 Å². The Kier molecular flexibility index (Phi) is 6.62. The lowest BCUT2D eigenvalue weighted by Gasteiger charge is -2.07. The number of carbonyl (C=O) groups excluding carboxylic acids is 1. The maximum atomic E-state index is 12.4. The molecule has 0 saturated carbocycles. The third-order valence-electron chi connectivity index (χ3n) is 4.72. The van der Waals surface area contributed by atoms with Crippen LogP contribution in [0.3, 0.4) is 0 Å². The number of carbonyl (C=O) groups is 1. The molecule has 1 aromatic heterocycles. The summed E-state index contributed by atoms with van der Waals surface area (Å²) in [6.07, 6.45) is 0.279. The molecular formula is C21H24N2O5S2. The van der Waals surface area contributed by atoms with Crippen molar-refractivity contribution in [1.82, 2.24) is 4.57 Å². The van der Waals surface area contributed by atoms with Gasteiger partial charge < -0.3 is 14.0 Å². The van der Waals surface area contributed by atoms with E-state index in [1.165, 1.54) is 11.3 Å². The Labute approximate surface area is 179 Å². The number of methoxy groups -OCH3 is 2. The summed E-state index contributed by atoms with van der Waals surface area (Å²) in [6, 6.07) is 10.4. The van der Waals surface area contributed by atoms with E-state index in [0.29, 0.717) is 16.3 Å². The highest BCUT2D eigenvalue weighted by Gasteiger charge is 2.15. The van der Waals surface area contributed by atoms with Crippen molar-refractivity contribution in [3.8, 4) is 11.5 Å². The predicted molar refractivity (Wildman–Crippen MR) is 117 cm³/mol. The van der Waals surface area contributed by atoms with E-state index in [-0.39, 0.29) is 29.4 Å². The van der Waals surface area contributed by atoms with Crippen LogP contribution in [0.2, 0.25) is 0 Å². The number of ether oxygens (including phenoxy) is 2. The molecule has 0 radical (unpaired) electrons. The van der Waals surface area contributed by atoms with Crippen molar-refractivity contribution in [2.45, 2.75) is 24.7 Å². The summed E-state index contributed by atoms with van der Waals surface area (Å²) in [7, 11) is 1.54. The van der Waals surface area contributed by atoms with Crippen molar-refractivity contribution in [3.63, 3.8) is 0 Å². The van der Waals surface area contributed by atoms with Crippen LogP contribution in [0.25, 0.3) is 10.2 Å². The van der Waals surface area contributed by atoms with Crippen molar-refractivity contribution in [2.75, 3.05) is 20.0 Å². The molecule has 0 unspecified atom stereocenters. The first-order valence-corrected chi connectivity index (χ1v) is 11.8. The summed E-state index contributed by atoms with van der Waals surface area (Å²) < 4.78 is 38.2. The van der Waals surface area contributed by atoms with Crippen molar-refractivity contribution in [3.05, 3.63) is 46.8 Å². The number of aryl methyl sites for hydroxylation is 2. The van der Waals surface area contributed by atoms with E-state index in [0.717, 1.165) is 15.8 Å². The number of sulfone groups is 1. The lowest BCUT2D eigenvalue weighted by molar-refractivity contribution is -0.118. The molecule has 0 saturated heterocycles. The molecule has 3 rings (SSSR count). The smallest absolute Gasteiger partial charge is 0.248 e. The largest absolute Gasteiger partial charge is 0.493 e. The zero-order valence-electron chi connectivity index (χ0n) is 17.3. The minimum atomic E-state index is -3.41. The van der Waals surface area contributed by atoms with Crippen LogP contribution in [-0.2, 0) is 21.7 Å². The molecule has 0 spiro atoms. The van der Waals surface area contributed by atoms with E-state index in [4.69, 9.17) is 9.47 Å². The van der Waals surface area contributed by atoms with Gasteiger partial charge in [-0.3, -0.25) is 4.79 Å². The van der Waals surface area contributed by atoms with Crippen LogP contribution in [0.4, 0.5) is 0 Å². The maximum absolute atomic E-state index is 12.4. The summed E-state index contributed by atoms with van der Waals surface area (Å²) in [5.74, 6) is 0.753. The van der Waals surface area contributed by atoms with Crippen molar-refractivity contribution < 1.29 is 22.7 Å². The molecule has 1 amide bonds. The molecule has 0 aliphatic rings. The minimum absolute atomic E-state index is 0.0615. The van der Waals surface area contributed by atoms with Crippen LogP contribution in [-0.4, -0.2) is 38.9 Å². The quantitative estimate of drug-likeness (QED) is 0.554. The highest BCUT2D eigenvalue weighted by atomic mass is 32.2. The molecule has 9 heteroatoms. The Balaban J connectivity index is 1.74. The van der Waals surface area contributed by atoms with E-state index in [2.05, 4.69) is 4.99 Å². The molecule has 0 bridgehead atoms. The second kappa shape index (κ2) is 9.01. The third kappa shape index (κ3) is 4.73. The van der Waals surface area contributed by atoms with Gasteiger partial charge in [-0.05, 0) is 25.5 Å². The molecule has 7 nitrogen and oxygen atoms in total. The van der Waals surface area contributed by atoms with Crippen LogP contribution in [0.5, 0.6) is 11.5 Å². The second-order valence-corrected chi connectivity index (χ2v) is 9.98. The lowest BCUT2D eigenvalue weighted by Crippen LogP contribution is -2.14. The minimum Gasteiger partial charge on any atom is -0.493 e. The first-order valence-electron chi connectivity index (χ1n) is 9.33. The van der Waals surface area contributed by atoms with Gasteiger partial charge in [-0.15, -0.1) is 0 Å². The van der Waals surface area contributed by atoms with Gasteiger partial charge in [-0.1, -0.05) is 29.0 Å². The zero-order chi connectivity index (χ0) is 21.9. The molecule has 30 heavy (non-hydrogen) atoms. The normalized spacial score (nSPS) is 12.3. The van der Waals surface area contributed by atoms with Gasteiger partial charge in [-0.2, -0.15) is 4.99 Å². The van der Waals surface area contributed by atoms with Crippen LogP contribution >= 0.6 is 11.3 Å². The van der Waals surface area contributed by atoms with Crippen molar-refractivity contribution in [2.24, 2.45) is 12.0 Å². The summed E-state index contributed by atoms with van der Waals surface area (Å²) in [4.78, 5) is 17.3. The van der Waals surface area contributed by atoms with E-state index < -0.39 is 9.84 Å². The van der Waals surface area contributed by atoms with E-state index in [1.54, 1.807) is 38.5 Å². The standard InChI is InChI=1S/C21H24N2O5S2/c1-14-7-9-15(10-8-14)30(25,26)11-5-6-20(24)22-21-23(2)16-12-17(27-3)18(28-4)13-19(16)29-21/h7-10,12-13H,5-6,11H2,1-4H3. The number of fused-ring (bicyclic) bond motifs is 1. The average molecular weight is 449 g/mol. The SMILES string of the molecule is COc1cc2sc(=NC(=O)CCCS(=O)(=O)c3ccc(C)cc3)n(C)c2cc1OC. The maximum Gasteiger partial charge on any atom is 0.248 e. The molecule has 2 aromatic carbocycles. The van der Waals surface area contributed by atoms with Gasteiger partial charge in [0.1, 0.15) is 0 Å². The van der Waals surface area contributed by atoms with Gasteiger partial charge >= 0.3 is 0 Å². The van der Waals surface area contributed by atoms with E-state index in [1.807, 2.05) is 30.7 Å². The number of thiazole rings is 1. The van der Waals surface area contributed by atoms with Crippen LogP contribution in [0, 0.1) is 6.92 Å². The lowest BCUT2D eigenvalue weighted by atomic mass is 10.2. The van der Waals surface area contributed by atoms with Gasteiger partial charge in [0.15, 0.2) is 26.1 Å². The van der Waals surface area contributed by atoms with E-state index >= 15 is 0 Å². The van der Waals surface area contributed by atoms with Gasteiger partial charge in [0, 0.05) is 25.6 Å². The number of aromatic nitrogens is 1. The fraction of sp³-hybridized carbons (Fsp3) is 0.333. The van der Waals surface area contributed by atoms with Crippen LogP contribution in [0.1, 0.15) is 18.4 Å². The summed E-state index contributed by atoms with van der Waals surface area (Å²) >= 11 is 1.36. The molecule has 0 fully saturated rings. The monoisotopic (exact) mass is 448 g/mol. The zero-order valence-corrected chi connectivity index (χ0v) is 19.0. The summed E-state index contributed by atoms with van der Waals surface area (Å²) in [5, 5.41) is 0. The molecule has 0 aliphatic heterocycles. The second-order valence-electron chi connectivity index (χ2n) is 6.86. The number of amides is 1. The highest BCUT2D eigenvalue weighted by molar-refractivity contribution is 7.91. The summed E-state index contributed by atoms with van der Waals surface area (Å²) in [5.41, 5.74) is 1.86. The third-order valence-corrected chi connectivity index (χ3v) is 7.63. The Morgan fingerprint density at radius 3 is 2.37 bits per heavy atom. The highest BCUT2D eigenvalue weighted by Crippen LogP contribution is 2.33. The Morgan fingerprint density at radius 2 is 1.73 bits per heavy atom. The topological polar surface area (TPSA) is 87.0 Å². The first-order chi connectivity index (χ1) is 14.2. The Bertz CT molecular complexity index is 1240. The fourth-order valence-electron chi connectivity index (χ4n) is 3.00. The number of hydrogen-bond donors (Lipinski definition) is 0. The summed E-state index contributed by atoms with van der Waals surface area (Å²) in [6.45, 7) is 1.90.